The number of benzene rings is 1. The Bertz CT molecular complexity index is 919. The largest absolute Gasteiger partial charge is 0.339 e. The van der Waals surface area contributed by atoms with Crippen molar-refractivity contribution in [3.05, 3.63) is 46.4 Å². The Morgan fingerprint density at radius 2 is 2.04 bits per heavy atom. The number of fused-ring (bicyclic) bond motifs is 3. The number of nitrogens with zero attached hydrogens (tertiary/aromatic N) is 2. The average molecular weight is 386 g/mol. The van der Waals surface area contributed by atoms with Crippen LogP contribution in [-0.4, -0.2) is 9.97 Å². The molecule has 3 nitrogen and oxygen atoms in total. The molecule has 4 rings (SSSR count). The van der Waals surface area contributed by atoms with Gasteiger partial charge >= 0.3 is 0 Å². The molecule has 0 saturated heterocycles. The van der Waals surface area contributed by atoms with Gasteiger partial charge in [0.15, 0.2) is 5.82 Å². The third-order valence-corrected chi connectivity index (χ3v) is 4.92. The van der Waals surface area contributed by atoms with E-state index >= 15 is 4.39 Å². The zero-order chi connectivity index (χ0) is 16.7. The number of aromatic nitrogens is 2. The van der Waals surface area contributed by atoms with Gasteiger partial charge in [0.2, 0.25) is 0 Å². The first-order chi connectivity index (χ1) is 11.7. The van der Waals surface area contributed by atoms with E-state index in [1.54, 1.807) is 6.20 Å². The molecule has 3 heterocycles. The number of aryl methyl sites for hydroxylation is 1. The van der Waals surface area contributed by atoms with E-state index in [9.17, 15) is 0 Å². The van der Waals surface area contributed by atoms with Gasteiger partial charge in [-0.15, -0.1) is 0 Å². The number of nitrogens with one attached hydrogen (secondary N) is 1. The standard InChI is InChI=1S/C19H17BrFN3/c1-2-3-4-5-15-18(21)16(17-14-8-9-22-19(17)24-14)12-10-11(20)6-7-13(12)23-15/h6-10H,2-5H2,1H3,(H,22,24). The maximum absolute atomic E-state index is 15.3. The molecule has 2 aromatic heterocycles. The van der Waals surface area contributed by atoms with Crippen molar-refractivity contribution in [2.75, 3.05) is 5.32 Å². The number of unbranched alkanes of at least 4 members (excludes halogenated alkanes) is 2. The fourth-order valence-corrected chi connectivity index (χ4v) is 3.56. The maximum Gasteiger partial charge on any atom is 0.153 e. The van der Waals surface area contributed by atoms with E-state index in [-0.39, 0.29) is 5.82 Å². The summed E-state index contributed by atoms with van der Waals surface area (Å²) in [5.41, 5.74) is 3.77. The lowest BCUT2D eigenvalue weighted by Crippen LogP contribution is -2.11. The van der Waals surface area contributed by atoms with Gasteiger partial charge in [-0.3, -0.25) is 0 Å². The number of rotatable bonds is 5. The second-order valence-corrected chi connectivity index (χ2v) is 6.99. The van der Waals surface area contributed by atoms with Crippen LogP contribution in [0, 0.1) is 5.82 Å². The summed E-state index contributed by atoms with van der Waals surface area (Å²) in [7, 11) is 0. The van der Waals surface area contributed by atoms with Crippen LogP contribution in [-0.2, 0) is 6.42 Å². The van der Waals surface area contributed by atoms with Gasteiger partial charge < -0.3 is 5.32 Å². The summed E-state index contributed by atoms with van der Waals surface area (Å²) < 4.78 is 16.2. The third kappa shape index (κ3) is 2.47. The first-order valence-electron chi connectivity index (χ1n) is 8.23. The normalized spacial score (nSPS) is 12.1. The van der Waals surface area contributed by atoms with Gasteiger partial charge in [0.05, 0.1) is 22.5 Å². The summed E-state index contributed by atoms with van der Waals surface area (Å²) >= 11 is 3.49. The molecule has 5 heteroatoms. The van der Waals surface area contributed by atoms with E-state index in [1.165, 1.54) is 0 Å². The topological polar surface area (TPSA) is 37.8 Å². The average Bonchev–Trinajstić information content (AvgIpc) is 2.59. The summed E-state index contributed by atoms with van der Waals surface area (Å²) in [5.74, 6) is 0.520. The minimum Gasteiger partial charge on any atom is -0.339 e. The highest BCUT2D eigenvalue weighted by atomic mass is 79.9. The van der Waals surface area contributed by atoms with Crippen molar-refractivity contribution in [2.24, 2.45) is 0 Å². The Labute approximate surface area is 148 Å². The van der Waals surface area contributed by atoms with Gasteiger partial charge in [-0.05, 0) is 37.1 Å². The van der Waals surface area contributed by atoms with E-state index < -0.39 is 0 Å². The van der Waals surface area contributed by atoms with Gasteiger partial charge in [-0.25, -0.2) is 14.4 Å². The van der Waals surface area contributed by atoms with Crippen LogP contribution in [0.1, 0.15) is 31.9 Å². The van der Waals surface area contributed by atoms with Crippen molar-refractivity contribution >= 4 is 38.3 Å². The molecule has 122 valence electrons. The van der Waals surface area contributed by atoms with E-state index in [4.69, 9.17) is 0 Å². The first-order valence-corrected chi connectivity index (χ1v) is 9.02. The molecule has 0 radical (unpaired) electrons. The summed E-state index contributed by atoms with van der Waals surface area (Å²) in [6, 6.07) is 7.70. The van der Waals surface area contributed by atoms with Crippen LogP contribution < -0.4 is 5.32 Å². The fourth-order valence-electron chi connectivity index (χ4n) is 3.19. The molecular formula is C19H17BrFN3. The lowest BCUT2D eigenvalue weighted by atomic mass is 9.94. The first kappa shape index (κ1) is 15.5. The Hall–Kier alpha value is -2.01. The zero-order valence-corrected chi connectivity index (χ0v) is 15.0. The highest BCUT2D eigenvalue weighted by molar-refractivity contribution is 9.10. The molecule has 3 aromatic rings. The molecule has 24 heavy (non-hydrogen) atoms. The van der Waals surface area contributed by atoms with Crippen molar-refractivity contribution in [3.63, 3.8) is 0 Å². The third-order valence-electron chi connectivity index (χ3n) is 4.43. The van der Waals surface area contributed by atoms with Crippen LogP contribution in [0.4, 0.5) is 15.9 Å². The molecule has 2 bridgehead atoms. The van der Waals surface area contributed by atoms with Crippen molar-refractivity contribution in [1.82, 2.24) is 9.97 Å². The Morgan fingerprint density at radius 1 is 1.17 bits per heavy atom. The minimum atomic E-state index is -0.214. The van der Waals surface area contributed by atoms with Crippen LogP contribution in [0.2, 0.25) is 0 Å². The van der Waals surface area contributed by atoms with Crippen LogP contribution in [0.3, 0.4) is 0 Å². The second kappa shape index (κ2) is 6.13. The van der Waals surface area contributed by atoms with E-state index in [0.29, 0.717) is 17.7 Å². The van der Waals surface area contributed by atoms with Gasteiger partial charge in [0.25, 0.3) is 0 Å². The highest BCUT2D eigenvalue weighted by Crippen LogP contribution is 2.47. The Balaban J connectivity index is 1.94. The molecule has 0 saturated carbocycles. The summed E-state index contributed by atoms with van der Waals surface area (Å²) in [6.07, 6.45) is 5.55. The van der Waals surface area contributed by atoms with Crippen molar-refractivity contribution < 1.29 is 4.39 Å². The van der Waals surface area contributed by atoms with Gasteiger partial charge in [-0.1, -0.05) is 35.7 Å². The van der Waals surface area contributed by atoms with E-state index in [1.807, 2.05) is 24.3 Å². The van der Waals surface area contributed by atoms with E-state index in [2.05, 4.69) is 38.1 Å². The second-order valence-electron chi connectivity index (χ2n) is 6.07. The molecule has 0 atom stereocenters. The number of hydrogen-bond acceptors (Lipinski definition) is 3. The smallest absolute Gasteiger partial charge is 0.153 e. The minimum absolute atomic E-state index is 0.214. The predicted octanol–water partition coefficient (Wildman–Crippen LogP) is 5.99. The molecule has 0 amide bonds. The number of pyridine rings is 2. The summed E-state index contributed by atoms with van der Waals surface area (Å²) in [5, 5.41) is 3.97. The van der Waals surface area contributed by atoms with Gasteiger partial charge in [0, 0.05) is 21.6 Å². The van der Waals surface area contributed by atoms with Crippen LogP contribution in [0.25, 0.3) is 22.0 Å². The number of anilines is 2. The molecule has 1 aromatic carbocycles. The molecule has 0 unspecified atom stereocenters. The monoisotopic (exact) mass is 385 g/mol. The maximum atomic E-state index is 15.3. The number of hydrogen-bond donors (Lipinski definition) is 1. The van der Waals surface area contributed by atoms with Gasteiger partial charge in [-0.2, -0.15) is 0 Å². The molecule has 1 aliphatic rings. The lowest BCUT2D eigenvalue weighted by molar-refractivity contribution is 0.592. The molecule has 0 aliphatic carbocycles. The SMILES string of the molecule is CCCCCc1nc2ccc(Br)cc2c(-c2c3ccnc2N3)c1F. The lowest BCUT2D eigenvalue weighted by Gasteiger charge is -2.25. The van der Waals surface area contributed by atoms with Crippen molar-refractivity contribution in [2.45, 2.75) is 32.6 Å². The quantitative estimate of drug-likeness (QED) is 0.428. The van der Waals surface area contributed by atoms with Crippen molar-refractivity contribution in [3.8, 4) is 11.1 Å². The van der Waals surface area contributed by atoms with Gasteiger partial charge in [0.1, 0.15) is 5.82 Å². The molecule has 1 aliphatic heterocycles. The molecular weight excluding hydrogens is 369 g/mol. The fraction of sp³-hybridized carbons (Fsp3) is 0.263. The van der Waals surface area contributed by atoms with Crippen LogP contribution in [0.5, 0.6) is 0 Å². The zero-order valence-electron chi connectivity index (χ0n) is 13.4. The molecule has 0 spiro atoms. The van der Waals surface area contributed by atoms with E-state index in [0.717, 1.165) is 51.7 Å². The Kier molecular flexibility index (Phi) is 3.96. The predicted molar refractivity (Wildman–Crippen MR) is 99.1 cm³/mol. The molecule has 0 fully saturated rings. The summed E-state index contributed by atoms with van der Waals surface area (Å²) in [4.78, 5) is 8.88. The highest BCUT2D eigenvalue weighted by Gasteiger charge is 2.27. The van der Waals surface area contributed by atoms with Crippen molar-refractivity contribution in [1.29, 1.82) is 0 Å². The van der Waals surface area contributed by atoms with Crippen LogP contribution >= 0.6 is 15.9 Å². The summed E-state index contributed by atoms with van der Waals surface area (Å²) in [6.45, 7) is 2.14. The molecule has 1 N–H and O–H groups in total. The Morgan fingerprint density at radius 3 is 2.75 bits per heavy atom. The number of halogens is 2. The van der Waals surface area contributed by atoms with Crippen LogP contribution in [0.15, 0.2) is 34.9 Å².